The van der Waals surface area contributed by atoms with E-state index >= 15 is 0 Å². The zero-order valence-corrected chi connectivity index (χ0v) is 9.50. The summed E-state index contributed by atoms with van der Waals surface area (Å²) in [6, 6.07) is 0.0629. The highest BCUT2D eigenvalue weighted by molar-refractivity contribution is 5.77. The maximum Gasteiger partial charge on any atom is 0.246 e. The molecule has 0 aliphatic carbocycles. The summed E-state index contributed by atoms with van der Waals surface area (Å²) < 4.78 is 10.0. The first-order valence-corrected chi connectivity index (χ1v) is 4.97. The topological polar surface area (TPSA) is 47.6 Å². The van der Waals surface area contributed by atoms with E-state index in [9.17, 15) is 4.79 Å². The summed E-state index contributed by atoms with van der Waals surface area (Å²) in [6.45, 7) is 7.18. The molecule has 0 rings (SSSR count). The summed E-state index contributed by atoms with van der Waals surface area (Å²) in [5, 5.41) is 2.86. The summed E-state index contributed by atoms with van der Waals surface area (Å²) >= 11 is 0. The van der Waals surface area contributed by atoms with Gasteiger partial charge in [-0.2, -0.15) is 0 Å². The summed E-state index contributed by atoms with van der Waals surface area (Å²) in [5.41, 5.74) is 0. The van der Waals surface area contributed by atoms with Crippen molar-refractivity contribution in [1.82, 2.24) is 5.32 Å². The van der Waals surface area contributed by atoms with Crippen molar-refractivity contribution in [2.75, 3.05) is 26.9 Å². The van der Waals surface area contributed by atoms with Crippen LogP contribution in [0, 0.1) is 5.92 Å². The van der Waals surface area contributed by atoms with E-state index in [0.717, 1.165) is 0 Å². The third-order valence-electron chi connectivity index (χ3n) is 1.93. The first-order valence-electron chi connectivity index (χ1n) is 4.97. The van der Waals surface area contributed by atoms with Crippen LogP contribution in [-0.2, 0) is 14.3 Å². The second-order valence-corrected chi connectivity index (χ2v) is 3.51. The molecule has 0 saturated carbocycles. The van der Waals surface area contributed by atoms with Crippen molar-refractivity contribution in [3.63, 3.8) is 0 Å². The lowest BCUT2D eigenvalue weighted by Gasteiger charge is -2.21. The minimum atomic E-state index is -0.0809. The van der Waals surface area contributed by atoms with Crippen molar-refractivity contribution in [2.24, 2.45) is 5.92 Å². The van der Waals surface area contributed by atoms with Gasteiger partial charge in [0.25, 0.3) is 0 Å². The first kappa shape index (κ1) is 13.4. The average molecular weight is 203 g/mol. The van der Waals surface area contributed by atoms with Crippen LogP contribution in [0.2, 0.25) is 0 Å². The van der Waals surface area contributed by atoms with Crippen LogP contribution in [0.3, 0.4) is 0 Å². The molecule has 4 nitrogen and oxygen atoms in total. The molecule has 1 atom stereocenters. The summed E-state index contributed by atoms with van der Waals surface area (Å²) in [5.74, 6) is 0.281. The highest BCUT2D eigenvalue weighted by atomic mass is 16.5. The highest BCUT2D eigenvalue weighted by Gasteiger charge is 2.15. The van der Waals surface area contributed by atoms with Crippen LogP contribution in [0.25, 0.3) is 0 Å². The Labute approximate surface area is 86.0 Å². The molecule has 0 aromatic rings. The van der Waals surface area contributed by atoms with E-state index in [-0.39, 0.29) is 18.6 Å². The van der Waals surface area contributed by atoms with Crippen LogP contribution in [-0.4, -0.2) is 38.9 Å². The van der Waals surface area contributed by atoms with E-state index in [2.05, 4.69) is 5.32 Å². The molecular weight excluding hydrogens is 182 g/mol. The van der Waals surface area contributed by atoms with Crippen LogP contribution in [0.1, 0.15) is 20.8 Å². The SMILES string of the molecule is CCOCC(=O)NC(COC)C(C)C. The highest BCUT2D eigenvalue weighted by Crippen LogP contribution is 2.01. The average Bonchev–Trinajstić information content (AvgIpc) is 2.14. The number of amides is 1. The van der Waals surface area contributed by atoms with Gasteiger partial charge in [0, 0.05) is 13.7 Å². The van der Waals surface area contributed by atoms with E-state index in [1.54, 1.807) is 7.11 Å². The molecule has 0 aliphatic rings. The Morgan fingerprint density at radius 2 is 2.07 bits per heavy atom. The van der Waals surface area contributed by atoms with Crippen LogP contribution in [0.15, 0.2) is 0 Å². The van der Waals surface area contributed by atoms with Crippen molar-refractivity contribution < 1.29 is 14.3 Å². The third-order valence-corrected chi connectivity index (χ3v) is 1.93. The summed E-state index contributed by atoms with van der Waals surface area (Å²) in [7, 11) is 1.63. The van der Waals surface area contributed by atoms with Gasteiger partial charge in [-0.05, 0) is 12.8 Å². The number of methoxy groups -OCH3 is 1. The normalized spacial score (nSPS) is 12.9. The Hall–Kier alpha value is -0.610. The molecule has 4 heteroatoms. The molecule has 1 amide bonds. The fourth-order valence-corrected chi connectivity index (χ4v) is 1.02. The van der Waals surface area contributed by atoms with Gasteiger partial charge in [0.2, 0.25) is 5.91 Å². The second kappa shape index (κ2) is 7.76. The summed E-state index contributed by atoms with van der Waals surface area (Å²) in [6.07, 6.45) is 0. The fraction of sp³-hybridized carbons (Fsp3) is 0.900. The Morgan fingerprint density at radius 1 is 1.43 bits per heavy atom. The molecule has 0 aromatic heterocycles. The smallest absolute Gasteiger partial charge is 0.246 e. The number of rotatable bonds is 7. The maximum atomic E-state index is 11.3. The Kier molecular flexibility index (Phi) is 7.42. The van der Waals surface area contributed by atoms with Gasteiger partial charge >= 0.3 is 0 Å². The van der Waals surface area contributed by atoms with Crippen molar-refractivity contribution in [3.05, 3.63) is 0 Å². The minimum absolute atomic E-state index is 0.0629. The van der Waals surface area contributed by atoms with E-state index in [1.807, 2.05) is 20.8 Å². The van der Waals surface area contributed by atoms with Crippen LogP contribution in [0.5, 0.6) is 0 Å². The van der Waals surface area contributed by atoms with Gasteiger partial charge in [0.05, 0.1) is 12.6 Å². The number of carbonyl (C=O) groups is 1. The van der Waals surface area contributed by atoms with Gasteiger partial charge in [0.1, 0.15) is 6.61 Å². The monoisotopic (exact) mass is 203 g/mol. The number of nitrogens with one attached hydrogen (secondary N) is 1. The van der Waals surface area contributed by atoms with Crippen molar-refractivity contribution in [3.8, 4) is 0 Å². The van der Waals surface area contributed by atoms with E-state index < -0.39 is 0 Å². The lowest BCUT2D eigenvalue weighted by Crippen LogP contribution is -2.43. The molecule has 0 radical (unpaired) electrons. The summed E-state index contributed by atoms with van der Waals surface area (Å²) in [4.78, 5) is 11.3. The standard InChI is InChI=1S/C10H21NO3/c1-5-14-7-10(12)11-9(6-13-4)8(2)3/h8-9H,5-7H2,1-4H3,(H,11,12). The number of hydrogen-bond donors (Lipinski definition) is 1. The molecule has 0 aliphatic heterocycles. The van der Waals surface area contributed by atoms with Gasteiger partial charge < -0.3 is 14.8 Å². The Bertz CT molecular complexity index is 159. The molecule has 0 heterocycles. The molecule has 14 heavy (non-hydrogen) atoms. The predicted octanol–water partition coefficient (Wildman–Crippen LogP) is 0.810. The van der Waals surface area contributed by atoms with Crippen LogP contribution < -0.4 is 5.32 Å². The number of hydrogen-bond acceptors (Lipinski definition) is 3. The Balaban J connectivity index is 3.83. The molecule has 84 valence electrons. The number of ether oxygens (including phenoxy) is 2. The molecule has 0 aromatic carbocycles. The van der Waals surface area contributed by atoms with E-state index in [4.69, 9.17) is 9.47 Å². The number of carbonyl (C=O) groups excluding carboxylic acids is 1. The molecule has 1 N–H and O–H groups in total. The van der Waals surface area contributed by atoms with Crippen molar-refractivity contribution >= 4 is 5.91 Å². The lowest BCUT2D eigenvalue weighted by atomic mass is 10.1. The van der Waals surface area contributed by atoms with E-state index in [1.165, 1.54) is 0 Å². The molecule has 0 spiro atoms. The fourth-order valence-electron chi connectivity index (χ4n) is 1.02. The van der Waals surface area contributed by atoms with Crippen molar-refractivity contribution in [2.45, 2.75) is 26.8 Å². The first-order chi connectivity index (χ1) is 6.61. The van der Waals surface area contributed by atoms with Crippen LogP contribution in [0.4, 0.5) is 0 Å². The zero-order valence-electron chi connectivity index (χ0n) is 9.50. The Morgan fingerprint density at radius 3 is 2.50 bits per heavy atom. The van der Waals surface area contributed by atoms with Gasteiger partial charge in [-0.1, -0.05) is 13.8 Å². The molecule has 0 bridgehead atoms. The van der Waals surface area contributed by atoms with Gasteiger partial charge in [-0.25, -0.2) is 0 Å². The second-order valence-electron chi connectivity index (χ2n) is 3.51. The quantitative estimate of drug-likeness (QED) is 0.666. The van der Waals surface area contributed by atoms with Gasteiger partial charge in [-0.3, -0.25) is 4.79 Å². The third kappa shape index (κ3) is 5.94. The molecule has 0 saturated heterocycles. The van der Waals surface area contributed by atoms with Gasteiger partial charge in [-0.15, -0.1) is 0 Å². The zero-order chi connectivity index (χ0) is 11.0. The lowest BCUT2D eigenvalue weighted by molar-refractivity contribution is -0.127. The molecule has 1 unspecified atom stereocenters. The van der Waals surface area contributed by atoms with E-state index in [0.29, 0.717) is 19.1 Å². The minimum Gasteiger partial charge on any atom is -0.383 e. The maximum absolute atomic E-state index is 11.3. The van der Waals surface area contributed by atoms with Crippen LogP contribution >= 0.6 is 0 Å². The predicted molar refractivity (Wildman–Crippen MR) is 55.1 cm³/mol. The van der Waals surface area contributed by atoms with Gasteiger partial charge in [0.15, 0.2) is 0 Å². The molecule has 0 fully saturated rings. The molecular formula is C10H21NO3. The largest absolute Gasteiger partial charge is 0.383 e. The van der Waals surface area contributed by atoms with Crippen molar-refractivity contribution in [1.29, 1.82) is 0 Å².